The number of alkyl halides is 1. The average molecular weight is 493 g/mol. The van der Waals surface area contributed by atoms with E-state index in [2.05, 4.69) is 31.9 Å². The number of benzene rings is 2. The van der Waals surface area contributed by atoms with Crippen molar-refractivity contribution in [2.24, 2.45) is 0 Å². The third kappa shape index (κ3) is 2.93. The van der Waals surface area contributed by atoms with Crippen LogP contribution in [0, 0.1) is 0 Å². The third-order valence-corrected chi connectivity index (χ3v) is 6.77. The van der Waals surface area contributed by atoms with Crippen LogP contribution in [0.25, 0.3) is 0 Å². The van der Waals surface area contributed by atoms with Crippen LogP contribution in [0.5, 0.6) is 5.75 Å². The summed E-state index contributed by atoms with van der Waals surface area (Å²) in [7, 11) is 1.64. The number of Topliss-reactive ketones (excluding diaryl/α,β-unsaturated/α-hetero) is 1. The molecular formula is C21H19Br2NO3. The SMILES string of the molecule is COc1ccc(CN2C(=O)C3(CCC3)c3cc(C(=O)CBr)cc(Br)c32)cc1. The van der Waals surface area contributed by atoms with E-state index in [1.54, 1.807) is 7.11 Å². The molecule has 4 rings (SSSR count). The minimum Gasteiger partial charge on any atom is -0.497 e. The Morgan fingerprint density at radius 3 is 2.48 bits per heavy atom. The third-order valence-electron chi connectivity index (χ3n) is 5.65. The molecular weight excluding hydrogens is 474 g/mol. The fraction of sp³-hybridized carbons (Fsp3) is 0.333. The van der Waals surface area contributed by atoms with Gasteiger partial charge in [-0.1, -0.05) is 34.5 Å². The molecule has 4 nitrogen and oxygen atoms in total. The predicted octanol–water partition coefficient (Wildman–Crippen LogP) is 5.00. The van der Waals surface area contributed by atoms with Crippen molar-refractivity contribution in [2.45, 2.75) is 31.2 Å². The molecule has 6 heteroatoms. The number of rotatable bonds is 5. The van der Waals surface area contributed by atoms with E-state index in [9.17, 15) is 9.59 Å². The summed E-state index contributed by atoms with van der Waals surface area (Å²) in [4.78, 5) is 27.5. The van der Waals surface area contributed by atoms with Crippen LogP contribution in [-0.4, -0.2) is 24.1 Å². The quantitative estimate of drug-likeness (QED) is 0.435. The number of nitrogens with zero attached hydrogens (tertiary/aromatic N) is 1. The van der Waals surface area contributed by atoms with Gasteiger partial charge in [-0.3, -0.25) is 9.59 Å². The van der Waals surface area contributed by atoms with Crippen molar-refractivity contribution in [3.8, 4) is 5.75 Å². The molecule has 1 saturated carbocycles. The van der Waals surface area contributed by atoms with Crippen molar-refractivity contribution in [3.05, 3.63) is 57.6 Å². The summed E-state index contributed by atoms with van der Waals surface area (Å²) < 4.78 is 6.02. The zero-order valence-corrected chi connectivity index (χ0v) is 18.1. The molecule has 1 heterocycles. The monoisotopic (exact) mass is 491 g/mol. The van der Waals surface area contributed by atoms with Crippen LogP contribution in [-0.2, 0) is 16.8 Å². The zero-order chi connectivity index (χ0) is 19.2. The molecule has 1 spiro atoms. The molecule has 2 aromatic rings. The number of hydrogen-bond donors (Lipinski definition) is 0. The Morgan fingerprint density at radius 1 is 1.22 bits per heavy atom. The molecule has 1 aliphatic heterocycles. The lowest BCUT2D eigenvalue weighted by molar-refractivity contribution is -0.126. The first-order valence-corrected chi connectivity index (χ1v) is 10.8. The maximum atomic E-state index is 13.4. The van der Waals surface area contributed by atoms with Crippen LogP contribution >= 0.6 is 31.9 Å². The number of carbonyl (C=O) groups is 2. The first kappa shape index (κ1) is 18.7. The largest absolute Gasteiger partial charge is 0.497 e. The minimum atomic E-state index is -0.465. The predicted molar refractivity (Wildman–Crippen MR) is 112 cm³/mol. The molecule has 2 aromatic carbocycles. The second-order valence-electron chi connectivity index (χ2n) is 7.09. The average Bonchev–Trinajstić information content (AvgIpc) is 2.90. The van der Waals surface area contributed by atoms with Crippen LogP contribution in [0.2, 0.25) is 0 Å². The van der Waals surface area contributed by atoms with Crippen LogP contribution in [0.3, 0.4) is 0 Å². The Hall–Kier alpha value is -1.66. The van der Waals surface area contributed by atoms with Crippen molar-refractivity contribution in [1.29, 1.82) is 0 Å². The van der Waals surface area contributed by atoms with Gasteiger partial charge in [-0.2, -0.15) is 0 Å². The van der Waals surface area contributed by atoms with Gasteiger partial charge in [-0.05, 0) is 64.2 Å². The number of anilines is 1. The van der Waals surface area contributed by atoms with E-state index >= 15 is 0 Å². The molecule has 1 fully saturated rings. The highest BCUT2D eigenvalue weighted by Crippen LogP contribution is 2.56. The Morgan fingerprint density at radius 2 is 1.93 bits per heavy atom. The van der Waals surface area contributed by atoms with Crippen molar-refractivity contribution in [2.75, 3.05) is 17.3 Å². The normalized spacial score (nSPS) is 17.0. The molecule has 2 aliphatic rings. The van der Waals surface area contributed by atoms with E-state index in [0.717, 1.165) is 46.3 Å². The van der Waals surface area contributed by atoms with Crippen LogP contribution in [0.1, 0.15) is 40.7 Å². The van der Waals surface area contributed by atoms with Gasteiger partial charge in [0.05, 0.1) is 30.1 Å². The summed E-state index contributed by atoms with van der Waals surface area (Å²) in [5.74, 6) is 0.958. The van der Waals surface area contributed by atoms with Crippen molar-refractivity contribution < 1.29 is 14.3 Å². The van der Waals surface area contributed by atoms with Gasteiger partial charge >= 0.3 is 0 Å². The fourth-order valence-corrected chi connectivity index (χ4v) is 5.03. The second-order valence-corrected chi connectivity index (χ2v) is 8.50. The van der Waals surface area contributed by atoms with Gasteiger partial charge in [0, 0.05) is 10.0 Å². The zero-order valence-electron chi connectivity index (χ0n) is 14.9. The molecule has 0 aromatic heterocycles. The Bertz CT molecular complexity index is 920. The molecule has 0 radical (unpaired) electrons. The summed E-state index contributed by atoms with van der Waals surface area (Å²) in [5.41, 5.74) is 3.11. The Labute approximate surface area is 175 Å². The van der Waals surface area contributed by atoms with E-state index in [-0.39, 0.29) is 17.0 Å². The molecule has 0 saturated heterocycles. The number of fused-ring (bicyclic) bond motifs is 2. The fourth-order valence-electron chi connectivity index (χ4n) is 4.03. The summed E-state index contributed by atoms with van der Waals surface area (Å²) >= 11 is 6.87. The topological polar surface area (TPSA) is 46.6 Å². The molecule has 0 unspecified atom stereocenters. The summed E-state index contributed by atoms with van der Waals surface area (Å²) in [5, 5.41) is 0.273. The van der Waals surface area contributed by atoms with E-state index in [1.807, 2.05) is 41.3 Å². The lowest BCUT2D eigenvalue weighted by Crippen LogP contribution is -2.44. The number of carbonyl (C=O) groups excluding carboxylic acids is 2. The molecule has 140 valence electrons. The first-order valence-electron chi connectivity index (χ1n) is 8.88. The van der Waals surface area contributed by atoms with Crippen LogP contribution in [0.15, 0.2) is 40.9 Å². The Balaban J connectivity index is 1.77. The Kier molecular flexibility index (Phi) is 4.89. The van der Waals surface area contributed by atoms with E-state index in [4.69, 9.17) is 4.74 Å². The lowest BCUT2D eigenvalue weighted by atomic mass is 9.65. The molecule has 0 atom stereocenters. The highest BCUT2D eigenvalue weighted by Gasteiger charge is 2.55. The van der Waals surface area contributed by atoms with Gasteiger partial charge in [0.15, 0.2) is 5.78 Å². The highest BCUT2D eigenvalue weighted by atomic mass is 79.9. The number of methoxy groups -OCH3 is 1. The molecule has 27 heavy (non-hydrogen) atoms. The van der Waals surface area contributed by atoms with Gasteiger partial charge in [-0.25, -0.2) is 0 Å². The molecule has 0 bridgehead atoms. The maximum absolute atomic E-state index is 13.4. The molecule has 1 amide bonds. The van der Waals surface area contributed by atoms with E-state index in [0.29, 0.717) is 12.1 Å². The van der Waals surface area contributed by atoms with Crippen molar-refractivity contribution in [3.63, 3.8) is 0 Å². The summed E-state index contributed by atoms with van der Waals surface area (Å²) in [6.45, 7) is 0.502. The van der Waals surface area contributed by atoms with Gasteiger partial charge in [-0.15, -0.1) is 0 Å². The maximum Gasteiger partial charge on any atom is 0.238 e. The van der Waals surface area contributed by atoms with E-state index < -0.39 is 5.41 Å². The first-order chi connectivity index (χ1) is 13.0. The molecule has 0 N–H and O–H groups in total. The summed E-state index contributed by atoms with van der Waals surface area (Å²) in [6, 6.07) is 11.5. The number of amides is 1. The minimum absolute atomic E-state index is 0.0222. The number of halogens is 2. The van der Waals surface area contributed by atoms with Gasteiger partial charge in [0.2, 0.25) is 5.91 Å². The highest BCUT2D eigenvalue weighted by molar-refractivity contribution is 9.10. The van der Waals surface area contributed by atoms with Gasteiger partial charge in [0.1, 0.15) is 5.75 Å². The smallest absolute Gasteiger partial charge is 0.238 e. The second kappa shape index (κ2) is 7.06. The lowest BCUT2D eigenvalue weighted by Gasteiger charge is -2.37. The van der Waals surface area contributed by atoms with Crippen molar-refractivity contribution in [1.82, 2.24) is 0 Å². The number of ketones is 1. The van der Waals surface area contributed by atoms with Crippen LogP contribution < -0.4 is 9.64 Å². The number of ether oxygens (including phenoxy) is 1. The van der Waals surface area contributed by atoms with Crippen molar-refractivity contribution >= 4 is 49.2 Å². The standard InChI is InChI=1S/C21H19Br2NO3/c1-27-15-5-3-13(4-6-15)12-24-19-16(21(20(24)26)7-2-8-21)9-14(10-17(19)23)18(25)11-22/h3-6,9-10H,2,7-8,11-12H2,1H3. The molecule has 1 aliphatic carbocycles. The van der Waals surface area contributed by atoms with Gasteiger partial charge in [0.25, 0.3) is 0 Å². The van der Waals surface area contributed by atoms with E-state index in [1.165, 1.54) is 0 Å². The summed E-state index contributed by atoms with van der Waals surface area (Å²) in [6.07, 6.45) is 2.72. The number of hydrogen-bond acceptors (Lipinski definition) is 3. The van der Waals surface area contributed by atoms with Crippen LogP contribution in [0.4, 0.5) is 5.69 Å². The van der Waals surface area contributed by atoms with Gasteiger partial charge < -0.3 is 9.64 Å².